The van der Waals surface area contributed by atoms with E-state index >= 15 is 0 Å². The lowest BCUT2D eigenvalue weighted by Gasteiger charge is -2.11. The van der Waals surface area contributed by atoms with Gasteiger partial charge in [-0.2, -0.15) is 13.2 Å². The molecule has 0 aliphatic rings. The summed E-state index contributed by atoms with van der Waals surface area (Å²) in [4.78, 5) is 12.9. The molecule has 0 unspecified atom stereocenters. The fourth-order valence-corrected chi connectivity index (χ4v) is 1.32. The monoisotopic (exact) mass is 220 g/mol. The van der Waals surface area contributed by atoms with Crippen molar-refractivity contribution in [1.29, 1.82) is 0 Å². The lowest BCUT2D eigenvalue weighted by atomic mass is 10.1. The van der Waals surface area contributed by atoms with Gasteiger partial charge in [0.25, 0.3) is 5.69 Å². The number of rotatable bonds is 1. The Morgan fingerprint density at radius 1 is 1.40 bits per heavy atom. The van der Waals surface area contributed by atoms with Crippen LogP contribution in [0.15, 0.2) is 6.20 Å². The van der Waals surface area contributed by atoms with Crippen molar-refractivity contribution in [3.63, 3.8) is 0 Å². The van der Waals surface area contributed by atoms with E-state index in [0.29, 0.717) is 0 Å². The van der Waals surface area contributed by atoms with E-state index in [9.17, 15) is 23.3 Å². The maximum Gasteiger partial charge on any atom is 0.418 e. The molecule has 1 aromatic heterocycles. The number of pyridine rings is 1. The molecule has 0 atom stereocenters. The molecule has 0 bridgehead atoms. The van der Waals surface area contributed by atoms with E-state index in [4.69, 9.17) is 0 Å². The van der Waals surface area contributed by atoms with E-state index in [-0.39, 0.29) is 5.69 Å². The summed E-state index contributed by atoms with van der Waals surface area (Å²) in [7, 11) is 0. The molecule has 7 heteroatoms. The summed E-state index contributed by atoms with van der Waals surface area (Å²) in [5, 5.41) is 10.4. The van der Waals surface area contributed by atoms with Gasteiger partial charge < -0.3 is 0 Å². The van der Waals surface area contributed by atoms with Gasteiger partial charge >= 0.3 is 6.18 Å². The van der Waals surface area contributed by atoms with Crippen LogP contribution in [-0.2, 0) is 6.18 Å². The molecule has 0 N–H and O–H groups in total. The van der Waals surface area contributed by atoms with Crippen molar-refractivity contribution in [3.8, 4) is 0 Å². The van der Waals surface area contributed by atoms with Crippen LogP contribution < -0.4 is 0 Å². The van der Waals surface area contributed by atoms with Gasteiger partial charge in [-0.15, -0.1) is 0 Å². The smallest absolute Gasteiger partial charge is 0.258 e. The predicted molar refractivity (Wildman–Crippen MR) is 45.4 cm³/mol. The molecule has 0 amide bonds. The average molecular weight is 220 g/mol. The Hall–Kier alpha value is -1.66. The van der Waals surface area contributed by atoms with Gasteiger partial charge in [0.2, 0.25) is 0 Å². The number of nitrogens with zero attached hydrogens (tertiary/aromatic N) is 2. The normalized spacial score (nSPS) is 11.5. The largest absolute Gasteiger partial charge is 0.418 e. The van der Waals surface area contributed by atoms with Crippen LogP contribution in [0.3, 0.4) is 0 Å². The lowest BCUT2D eigenvalue weighted by molar-refractivity contribution is -0.386. The van der Waals surface area contributed by atoms with Gasteiger partial charge in [-0.1, -0.05) is 0 Å². The van der Waals surface area contributed by atoms with Crippen molar-refractivity contribution in [2.45, 2.75) is 20.0 Å². The molecule has 82 valence electrons. The molecule has 15 heavy (non-hydrogen) atoms. The van der Waals surface area contributed by atoms with Crippen molar-refractivity contribution in [2.75, 3.05) is 0 Å². The molecule has 1 rings (SSSR count). The van der Waals surface area contributed by atoms with E-state index in [1.165, 1.54) is 6.92 Å². The number of aryl methyl sites for hydroxylation is 1. The summed E-state index contributed by atoms with van der Waals surface area (Å²) in [6.45, 7) is 2.23. The fraction of sp³-hybridized carbons (Fsp3) is 0.375. The van der Waals surface area contributed by atoms with E-state index in [1.54, 1.807) is 0 Å². The number of aromatic nitrogens is 1. The minimum absolute atomic E-state index is 0.259. The van der Waals surface area contributed by atoms with Crippen LogP contribution in [0.2, 0.25) is 0 Å². The molecule has 0 radical (unpaired) electrons. The third-order valence-corrected chi connectivity index (χ3v) is 1.98. The van der Waals surface area contributed by atoms with E-state index in [0.717, 1.165) is 13.1 Å². The molecule has 0 aliphatic carbocycles. The maximum absolute atomic E-state index is 12.5. The molecule has 0 aliphatic heterocycles. The maximum atomic E-state index is 12.5. The Morgan fingerprint density at radius 3 is 2.33 bits per heavy atom. The molecule has 0 aromatic carbocycles. The number of nitro groups is 1. The highest BCUT2D eigenvalue weighted by molar-refractivity contribution is 5.45. The third kappa shape index (κ3) is 2.05. The fourth-order valence-electron chi connectivity index (χ4n) is 1.32. The van der Waals surface area contributed by atoms with Crippen molar-refractivity contribution < 1.29 is 18.1 Å². The van der Waals surface area contributed by atoms with Crippen molar-refractivity contribution >= 4 is 5.69 Å². The van der Waals surface area contributed by atoms with Crippen molar-refractivity contribution in [3.05, 3.63) is 33.1 Å². The summed E-state index contributed by atoms with van der Waals surface area (Å²) < 4.78 is 37.5. The summed E-state index contributed by atoms with van der Waals surface area (Å²) in [5.74, 6) is 0. The molecular formula is C8H7F3N2O2. The third-order valence-electron chi connectivity index (χ3n) is 1.98. The zero-order valence-electron chi connectivity index (χ0n) is 7.92. The van der Waals surface area contributed by atoms with E-state index < -0.39 is 27.9 Å². The summed E-state index contributed by atoms with van der Waals surface area (Å²) in [5.41, 5.74) is -2.31. The zero-order chi connectivity index (χ0) is 11.8. The molecular weight excluding hydrogens is 213 g/mol. The standard InChI is InChI=1S/C8H7F3N2O2/c1-4-6(13(14)15)3-12-5(2)7(4)8(9,10)11/h3H,1-2H3. The SMILES string of the molecule is Cc1ncc([N+](=O)[O-])c(C)c1C(F)(F)F. The Balaban J connectivity index is 3.51. The van der Waals surface area contributed by atoms with Crippen molar-refractivity contribution in [2.24, 2.45) is 0 Å². The van der Waals surface area contributed by atoms with Crippen LogP contribution >= 0.6 is 0 Å². The average Bonchev–Trinajstić information content (AvgIpc) is 2.00. The van der Waals surface area contributed by atoms with Gasteiger partial charge in [-0.05, 0) is 13.8 Å². The molecule has 1 heterocycles. The van der Waals surface area contributed by atoms with Gasteiger partial charge in [-0.25, -0.2) is 0 Å². The van der Waals surface area contributed by atoms with Gasteiger partial charge in [0.05, 0.1) is 16.2 Å². The Morgan fingerprint density at radius 2 is 1.93 bits per heavy atom. The molecule has 0 fully saturated rings. The van der Waals surface area contributed by atoms with Crippen LogP contribution in [0.25, 0.3) is 0 Å². The van der Waals surface area contributed by atoms with Crippen LogP contribution in [0.1, 0.15) is 16.8 Å². The number of alkyl halides is 3. The van der Waals surface area contributed by atoms with Crippen molar-refractivity contribution in [1.82, 2.24) is 4.98 Å². The summed E-state index contributed by atoms with van der Waals surface area (Å²) in [6.07, 6.45) is -3.78. The predicted octanol–water partition coefficient (Wildman–Crippen LogP) is 2.63. The molecule has 0 saturated carbocycles. The zero-order valence-corrected chi connectivity index (χ0v) is 7.92. The highest BCUT2D eigenvalue weighted by atomic mass is 19.4. The van der Waals surface area contributed by atoms with Crippen LogP contribution in [-0.4, -0.2) is 9.91 Å². The second-order valence-electron chi connectivity index (χ2n) is 2.98. The topological polar surface area (TPSA) is 56.0 Å². The molecule has 0 saturated heterocycles. The number of halogens is 3. The second-order valence-corrected chi connectivity index (χ2v) is 2.98. The minimum Gasteiger partial charge on any atom is -0.258 e. The van der Waals surface area contributed by atoms with Gasteiger partial charge in [-0.3, -0.25) is 15.1 Å². The minimum atomic E-state index is -4.62. The lowest BCUT2D eigenvalue weighted by Crippen LogP contribution is -2.12. The first-order valence-corrected chi connectivity index (χ1v) is 3.93. The van der Waals surface area contributed by atoms with Gasteiger partial charge in [0.15, 0.2) is 0 Å². The number of hydrogen-bond acceptors (Lipinski definition) is 3. The highest BCUT2D eigenvalue weighted by Gasteiger charge is 2.37. The van der Waals surface area contributed by atoms with Crippen LogP contribution in [0.5, 0.6) is 0 Å². The summed E-state index contributed by atoms with van der Waals surface area (Å²) >= 11 is 0. The Kier molecular flexibility index (Phi) is 2.65. The first-order valence-electron chi connectivity index (χ1n) is 3.93. The van der Waals surface area contributed by atoms with E-state index in [1.807, 2.05) is 0 Å². The van der Waals surface area contributed by atoms with Gasteiger partial charge in [0, 0.05) is 5.56 Å². The van der Waals surface area contributed by atoms with Gasteiger partial charge in [0.1, 0.15) is 6.20 Å². The first-order chi connectivity index (χ1) is 6.75. The van der Waals surface area contributed by atoms with Crippen LogP contribution in [0.4, 0.5) is 18.9 Å². The quantitative estimate of drug-likeness (QED) is 0.540. The van der Waals surface area contributed by atoms with Crippen LogP contribution in [0, 0.1) is 24.0 Å². The Labute approximate surface area is 82.9 Å². The van der Waals surface area contributed by atoms with E-state index in [2.05, 4.69) is 4.98 Å². The molecule has 1 aromatic rings. The summed E-state index contributed by atoms with van der Waals surface area (Å²) in [6, 6.07) is 0. The molecule has 4 nitrogen and oxygen atoms in total. The highest BCUT2D eigenvalue weighted by Crippen LogP contribution is 2.36. The molecule has 0 spiro atoms. The Bertz CT molecular complexity index is 415. The number of hydrogen-bond donors (Lipinski definition) is 0. The first kappa shape index (κ1) is 11.4. The second kappa shape index (κ2) is 3.48.